The molecule has 0 saturated carbocycles. The average molecular weight is 930 g/mol. The third-order valence-electron chi connectivity index (χ3n) is 10.5. The van der Waals surface area contributed by atoms with Gasteiger partial charge in [0.05, 0.1) is 24.0 Å². The summed E-state index contributed by atoms with van der Waals surface area (Å²) in [6, 6.07) is 66.9. The number of rotatable bonds is 19. The molecular formula is C53H66F3N2O3P2S+. The van der Waals surface area contributed by atoms with Crippen LogP contribution in [-0.4, -0.2) is 48.2 Å². The Morgan fingerprint density at radius 2 is 0.734 bits per heavy atom. The molecular weight excluding hydrogens is 864 g/mol. The molecule has 0 aromatic heterocycles. The van der Waals surface area contributed by atoms with Gasteiger partial charge in [-0.05, 0) is 130 Å². The lowest BCUT2D eigenvalue weighted by Crippen LogP contribution is -2.50. The van der Waals surface area contributed by atoms with Gasteiger partial charge >= 0.3 is 6.18 Å². The van der Waals surface area contributed by atoms with Crippen molar-refractivity contribution < 1.29 is 34.3 Å². The molecule has 6 aromatic carbocycles. The largest absolute Gasteiger partial charge is 0.870 e. The normalized spacial score (nSPS) is 10.7. The SMILES string of the molecule is C.C.O=C([O-])C(F)(F)F.S=C=NCCCCCC[P+](c1ccccc1)(c1ccccc1)c1ccccc1.[NH3+]CCCCCC[P+](c1ccccc1)(c1ccccc1)c1ccccc1.[OH-]. The van der Waals surface area contributed by atoms with Gasteiger partial charge in [0.15, 0.2) is 0 Å². The van der Waals surface area contributed by atoms with Crippen LogP contribution in [0.3, 0.4) is 0 Å². The zero-order chi connectivity index (χ0) is 43.7. The first-order valence-corrected chi connectivity index (χ1v) is 25.3. The number of hydrogen-bond donors (Lipinski definition) is 1. The number of benzene rings is 6. The molecule has 0 spiro atoms. The van der Waals surface area contributed by atoms with E-state index in [0.29, 0.717) is 0 Å². The van der Waals surface area contributed by atoms with Crippen molar-refractivity contribution in [2.45, 2.75) is 72.4 Å². The molecule has 0 heterocycles. The maximum Gasteiger partial charge on any atom is 0.430 e. The van der Waals surface area contributed by atoms with Gasteiger partial charge < -0.3 is 21.1 Å². The van der Waals surface area contributed by atoms with Crippen LogP contribution >= 0.6 is 26.7 Å². The summed E-state index contributed by atoms with van der Waals surface area (Å²) in [5, 5.41) is 20.1. The summed E-state index contributed by atoms with van der Waals surface area (Å²) in [7, 11) is -3.28. The summed E-state index contributed by atoms with van der Waals surface area (Å²) in [6.45, 7) is 1.86. The molecule has 5 nitrogen and oxygen atoms in total. The minimum absolute atomic E-state index is 0. The number of aliphatic carboxylic acids is 1. The number of carbonyl (C=O) groups is 1. The lowest BCUT2D eigenvalue weighted by Gasteiger charge is -2.27. The van der Waals surface area contributed by atoms with Crippen molar-refractivity contribution in [1.29, 1.82) is 0 Å². The molecule has 0 saturated heterocycles. The molecule has 64 heavy (non-hydrogen) atoms. The molecule has 0 fully saturated rings. The van der Waals surface area contributed by atoms with E-state index in [-0.39, 0.29) is 20.3 Å². The van der Waals surface area contributed by atoms with E-state index >= 15 is 0 Å². The Hall–Kier alpha value is -4.84. The molecule has 0 aliphatic rings. The van der Waals surface area contributed by atoms with Crippen LogP contribution in [0.25, 0.3) is 0 Å². The number of carboxylic acid groups (broad SMARTS) is 1. The molecule has 11 heteroatoms. The monoisotopic (exact) mass is 929 g/mol. The van der Waals surface area contributed by atoms with Gasteiger partial charge in [0.2, 0.25) is 0 Å². The molecule has 4 N–H and O–H groups in total. The maximum atomic E-state index is 10.5. The van der Waals surface area contributed by atoms with Gasteiger partial charge in [-0.1, -0.05) is 130 Å². The van der Waals surface area contributed by atoms with Gasteiger partial charge in [-0.15, -0.1) is 0 Å². The number of carbonyl (C=O) groups excluding carboxylic acids is 1. The van der Waals surface area contributed by atoms with Crippen molar-refractivity contribution in [3.63, 3.8) is 0 Å². The Bertz CT molecular complexity index is 1960. The highest BCUT2D eigenvalue weighted by molar-refractivity contribution is 7.96. The third-order valence-corrected chi connectivity index (χ3v) is 19.7. The van der Waals surface area contributed by atoms with Crippen molar-refractivity contribution in [3.05, 3.63) is 182 Å². The smallest absolute Gasteiger partial charge is 0.430 e. The topological polar surface area (TPSA) is 110 Å². The first-order valence-electron chi connectivity index (χ1n) is 20.9. The van der Waals surface area contributed by atoms with Crippen LogP contribution in [0.2, 0.25) is 0 Å². The predicted molar refractivity (Wildman–Crippen MR) is 271 cm³/mol. The van der Waals surface area contributed by atoms with Crippen molar-refractivity contribution in [2.24, 2.45) is 4.99 Å². The van der Waals surface area contributed by atoms with Gasteiger partial charge in [-0.25, -0.2) is 4.99 Å². The highest BCUT2D eigenvalue weighted by Gasteiger charge is 2.45. The molecule has 0 amide bonds. The number of alkyl halides is 3. The number of unbranched alkanes of at least 4 members (excludes halogenated alkanes) is 6. The van der Waals surface area contributed by atoms with E-state index in [0.717, 1.165) is 19.5 Å². The molecule has 0 aliphatic carbocycles. The van der Waals surface area contributed by atoms with E-state index in [1.807, 2.05) is 0 Å². The van der Waals surface area contributed by atoms with Gasteiger partial charge in [0, 0.05) is 6.54 Å². The minimum atomic E-state index is -5.19. The predicted octanol–water partition coefficient (Wildman–Crippen LogP) is 9.82. The minimum Gasteiger partial charge on any atom is -0.870 e. The average Bonchev–Trinajstić information content (AvgIpc) is 3.31. The molecule has 342 valence electrons. The summed E-state index contributed by atoms with van der Waals surface area (Å²) < 4.78 is 31.5. The first-order chi connectivity index (χ1) is 29.7. The Morgan fingerprint density at radius 1 is 0.500 bits per heavy atom. The number of isothiocyanates is 1. The van der Waals surface area contributed by atoms with Crippen LogP contribution in [0.15, 0.2) is 187 Å². The van der Waals surface area contributed by atoms with Crippen molar-refractivity contribution in [2.75, 3.05) is 25.4 Å². The number of carboxylic acids is 1. The summed E-state index contributed by atoms with van der Waals surface area (Å²) in [6.07, 6.45) is 7.07. The number of thiocarbonyl (C=S) groups is 1. The molecule has 0 atom stereocenters. The molecule has 0 unspecified atom stereocenters. The van der Waals surface area contributed by atoms with Gasteiger partial charge in [-0.2, -0.15) is 13.2 Å². The van der Waals surface area contributed by atoms with E-state index in [2.05, 4.69) is 210 Å². The number of aliphatic imine (C=N–C) groups is 1. The first kappa shape index (κ1) is 57.2. The van der Waals surface area contributed by atoms with Crippen LogP contribution < -0.4 is 42.7 Å². The van der Waals surface area contributed by atoms with Crippen molar-refractivity contribution in [1.82, 2.24) is 0 Å². The highest BCUT2D eigenvalue weighted by atomic mass is 32.1. The lowest BCUT2D eigenvalue weighted by molar-refractivity contribution is -0.368. The second kappa shape index (κ2) is 31.1. The maximum absolute atomic E-state index is 10.5. The molecule has 0 aliphatic heterocycles. The van der Waals surface area contributed by atoms with Crippen LogP contribution in [-0.2, 0) is 4.79 Å². The van der Waals surface area contributed by atoms with Crippen LogP contribution in [0, 0.1) is 0 Å². The molecule has 0 bridgehead atoms. The Balaban J connectivity index is 0.000000536. The van der Waals surface area contributed by atoms with Gasteiger partial charge in [0.1, 0.15) is 52.3 Å². The van der Waals surface area contributed by atoms with Gasteiger partial charge in [0.25, 0.3) is 0 Å². The second-order valence-electron chi connectivity index (χ2n) is 14.5. The summed E-state index contributed by atoms with van der Waals surface area (Å²) in [4.78, 5) is 12.8. The zero-order valence-corrected chi connectivity index (χ0v) is 37.8. The fourth-order valence-electron chi connectivity index (χ4n) is 7.58. The second-order valence-corrected chi connectivity index (χ2v) is 21.9. The van der Waals surface area contributed by atoms with E-state index in [9.17, 15) is 13.2 Å². The van der Waals surface area contributed by atoms with Crippen molar-refractivity contribution in [3.8, 4) is 0 Å². The van der Waals surface area contributed by atoms with E-state index in [4.69, 9.17) is 9.90 Å². The Morgan fingerprint density at radius 3 is 0.953 bits per heavy atom. The highest BCUT2D eigenvalue weighted by Crippen LogP contribution is 2.57. The van der Waals surface area contributed by atoms with E-state index in [1.54, 1.807) is 0 Å². The fourth-order valence-corrected chi connectivity index (χ4v) is 16.5. The van der Waals surface area contributed by atoms with Crippen LogP contribution in [0.1, 0.15) is 66.2 Å². The Labute approximate surface area is 387 Å². The zero-order valence-electron chi connectivity index (χ0n) is 35.2. The number of quaternary nitrogens is 1. The summed E-state index contributed by atoms with van der Waals surface area (Å²) in [5.41, 5.74) is 3.98. The Kier molecular flexibility index (Phi) is 27.8. The number of halogens is 3. The van der Waals surface area contributed by atoms with Crippen molar-refractivity contribution >= 4 is 69.7 Å². The molecule has 0 radical (unpaired) electrons. The molecule has 6 rings (SSSR count). The number of nitrogens with zero attached hydrogens (tertiary/aromatic N) is 1. The van der Waals surface area contributed by atoms with Gasteiger partial charge in [-0.3, -0.25) is 0 Å². The van der Waals surface area contributed by atoms with Crippen LogP contribution in [0.5, 0.6) is 0 Å². The lowest BCUT2D eigenvalue weighted by atomic mass is 10.2. The summed E-state index contributed by atoms with van der Waals surface area (Å²) >= 11 is 4.65. The van der Waals surface area contributed by atoms with Crippen LogP contribution in [0.4, 0.5) is 13.2 Å². The third kappa shape index (κ3) is 16.9. The quantitative estimate of drug-likeness (QED) is 0.0378. The standard InChI is InChI=1S/C25H27NPS.C24H29NP.C2HF3O2.2CH4.H2O/c28-22-26-20-12-1-2-13-21-27(23-14-6-3-7-15-23,24-16-8-4-9-17-24)25-18-10-5-11-19-25;25-20-12-1-2-13-21-26(22-14-6-3-7-15-22,23-16-8-4-9-17-23)24-18-10-5-11-19-24;3-2(4,5)1(6)7;;;/h3-11,14-19H,1-2,12-13,20-21H2;3-11,14-19H,1-2,12-13,20-21,25H2;(H,6,7);2*1H4;1H2/q2*+1;;;;/p-1. The van der Waals surface area contributed by atoms with E-state index in [1.165, 1.54) is 89.1 Å². The van der Waals surface area contributed by atoms with E-state index < -0.39 is 26.7 Å². The molecule has 6 aromatic rings. The fraction of sp³-hybridized carbons (Fsp3) is 0.283. The summed E-state index contributed by atoms with van der Waals surface area (Å²) in [5.74, 6) is -3.01. The number of hydrogen-bond acceptors (Lipinski definition) is 5.